The molecule has 0 aliphatic carbocycles. The van der Waals surface area contributed by atoms with Gasteiger partial charge >= 0.3 is 0 Å². The molecule has 0 radical (unpaired) electrons. The molecular weight excluding hydrogens is 451 g/mol. The first kappa shape index (κ1) is 25.6. The molecule has 2 aromatic carbocycles. The molecule has 0 spiro atoms. The normalized spacial score (nSPS) is 12.3. The number of amides is 2. The van der Waals surface area contributed by atoms with E-state index < -0.39 is 6.04 Å². The van der Waals surface area contributed by atoms with Crippen molar-refractivity contribution in [3.05, 3.63) is 69.7 Å². The molecule has 0 fully saturated rings. The molecule has 0 saturated carbocycles. The lowest BCUT2D eigenvalue weighted by atomic mass is 10.1. The molecule has 0 saturated heterocycles. The number of thioether (sulfide) groups is 1. The average Bonchev–Trinajstić information content (AvgIpc) is 2.69. The quantitative estimate of drug-likeness (QED) is 0.482. The molecule has 1 N–H and O–H groups in total. The minimum Gasteiger partial charge on any atom is -0.350 e. The van der Waals surface area contributed by atoms with E-state index in [0.29, 0.717) is 28.8 Å². The van der Waals surface area contributed by atoms with Crippen LogP contribution in [0, 0.1) is 0 Å². The van der Waals surface area contributed by atoms with E-state index in [4.69, 9.17) is 23.2 Å². The highest BCUT2D eigenvalue weighted by Crippen LogP contribution is 2.20. The lowest BCUT2D eigenvalue weighted by Crippen LogP contribution is -2.53. The third kappa shape index (κ3) is 8.76. The van der Waals surface area contributed by atoms with Gasteiger partial charge in [0.25, 0.3) is 0 Å². The van der Waals surface area contributed by atoms with Crippen LogP contribution in [0.4, 0.5) is 0 Å². The Morgan fingerprint density at radius 2 is 1.48 bits per heavy atom. The van der Waals surface area contributed by atoms with Gasteiger partial charge in [-0.1, -0.05) is 54.4 Å². The maximum atomic E-state index is 13.2. The second-order valence-corrected chi connectivity index (χ2v) is 10.3. The number of nitrogens with zero attached hydrogens (tertiary/aromatic N) is 1. The molecule has 0 aliphatic rings. The minimum absolute atomic E-state index is 0.0650. The number of carbonyl (C=O) groups excluding carboxylic acids is 2. The molecule has 2 aromatic rings. The average molecular weight is 481 g/mol. The summed E-state index contributed by atoms with van der Waals surface area (Å²) in [5.41, 5.74) is 1.66. The third-order valence-corrected chi connectivity index (χ3v) is 6.05. The summed E-state index contributed by atoms with van der Waals surface area (Å²) in [6, 6.07) is 14.4. The van der Waals surface area contributed by atoms with E-state index in [1.807, 2.05) is 64.1 Å². The molecular formula is C24H30Cl2N2O2S. The van der Waals surface area contributed by atoms with Crippen molar-refractivity contribution in [1.82, 2.24) is 10.2 Å². The maximum Gasteiger partial charge on any atom is 0.243 e. The van der Waals surface area contributed by atoms with Crippen LogP contribution in [0.25, 0.3) is 0 Å². The van der Waals surface area contributed by atoms with Crippen LogP contribution in [-0.4, -0.2) is 34.0 Å². The molecule has 0 aromatic heterocycles. The van der Waals surface area contributed by atoms with Crippen LogP contribution in [0.3, 0.4) is 0 Å². The Morgan fingerprint density at radius 3 is 1.97 bits per heavy atom. The number of rotatable bonds is 9. The Balaban J connectivity index is 2.14. The summed E-state index contributed by atoms with van der Waals surface area (Å²) < 4.78 is 0. The number of benzene rings is 2. The smallest absolute Gasteiger partial charge is 0.243 e. The number of halogens is 2. The molecule has 2 amide bonds. The number of carbonyl (C=O) groups is 2. The third-order valence-electron chi connectivity index (χ3n) is 4.56. The van der Waals surface area contributed by atoms with Gasteiger partial charge in [-0.3, -0.25) is 9.59 Å². The summed E-state index contributed by atoms with van der Waals surface area (Å²) in [6.45, 7) is 8.09. The van der Waals surface area contributed by atoms with Crippen molar-refractivity contribution in [3.63, 3.8) is 0 Å². The van der Waals surface area contributed by atoms with E-state index >= 15 is 0 Å². The van der Waals surface area contributed by atoms with Crippen molar-refractivity contribution in [2.24, 2.45) is 0 Å². The van der Waals surface area contributed by atoms with Gasteiger partial charge in [0.2, 0.25) is 11.8 Å². The van der Waals surface area contributed by atoms with Gasteiger partial charge < -0.3 is 10.2 Å². The highest BCUT2D eigenvalue weighted by Gasteiger charge is 2.30. The topological polar surface area (TPSA) is 49.4 Å². The van der Waals surface area contributed by atoms with Gasteiger partial charge in [-0.15, -0.1) is 11.8 Å². The monoisotopic (exact) mass is 480 g/mol. The van der Waals surface area contributed by atoms with E-state index in [-0.39, 0.29) is 23.1 Å². The Hall–Kier alpha value is -1.69. The van der Waals surface area contributed by atoms with Crippen LogP contribution >= 0.6 is 35.0 Å². The SMILES string of the molecule is CC[C@H](C(=O)NC(C)(C)C)N(Cc1ccc(Cl)cc1)C(=O)CSCc1ccc(Cl)cc1. The fourth-order valence-electron chi connectivity index (χ4n) is 3.08. The Bertz CT molecular complexity index is 865. The molecule has 1 atom stereocenters. The Kier molecular flexibility index (Phi) is 9.73. The fraction of sp³-hybridized carbons (Fsp3) is 0.417. The van der Waals surface area contributed by atoms with Crippen LogP contribution < -0.4 is 5.32 Å². The van der Waals surface area contributed by atoms with Crippen LogP contribution in [-0.2, 0) is 21.9 Å². The van der Waals surface area contributed by atoms with Gasteiger partial charge in [-0.2, -0.15) is 0 Å². The lowest BCUT2D eigenvalue weighted by molar-refractivity contribution is -0.140. The second kappa shape index (κ2) is 11.8. The molecule has 4 nitrogen and oxygen atoms in total. The summed E-state index contributed by atoms with van der Waals surface area (Å²) in [7, 11) is 0. The zero-order chi connectivity index (χ0) is 23.0. The highest BCUT2D eigenvalue weighted by molar-refractivity contribution is 7.99. The summed E-state index contributed by atoms with van der Waals surface area (Å²) in [4.78, 5) is 27.8. The van der Waals surface area contributed by atoms with Gasteiger partial charge in [0, 0.05) is 27.9 Å². The number of hydrogen-bond acceptors (Lipinski definition) is 3. The van der Waals surface area contributed by atoms with Crippen molar-refractivity contribution >= 4 is 46.8 Å². The molecule has 2 rings (SSSR count). The first-order chi connectivity index (χ1) is 14.6. The molecule has 168 valence electrons. The second-order valence-electron chi connectivity index (χ2n) is 8.43. The fourth-order valence-corrected chi connectivity index (χ4v) is 4.20. The standard InChI is InChI=1S/C24H30Cl2N2O2S/c1-5-21(23(30)27-24(2,3)4)28(14-17-6-10-19(25)11-7-17)22(29)16-31-15-18-8-12-20(26)13-9-18/h6-13,21H,5,14-16H2,1-4H3,(H,27,30)/t21-/m1/s1. The Labute approximate surface area is 199 Å². The highest BCUT2D eigenvalue weighted by atomic mass is 35.5. The van der Waals surface area contributed by atoms with Crippen molar-refractivity contribution in [2.45, 2.75) is 58.0 Å². The van der Waals surface area contributed by atoms with E-state index in [0.717, 1.165) is 11.1 Å². The van der Waals surface area contributed by atoms with Crippen molar-refractivity contribution in [3.8, 4) is 0 Å². The lowest BCUT2D eigenvalue weighted by Gasteiger charge is -2.33. The summed E-state index contributed by atoms with van der Waals surface area (Å²) in [5, 5.41) is 4.34. The largest absolute Gasteiger partial charge is 0.350 e. The summed E-state index contributed by atoms with van der Waals surface area (Å²) >= 11 is 13.5. The summed E-state index contributed by atoms with van der Waals surface area (Å²) in [6.07, 6.45) is 0.531. The zero-order valence-corrected chi connectivity index (χ0v) is 20.8. The van der Waals surface area contributed by atoms with Crippen LogP contribution in [0.15, 0.2) is 48.5 Å². The zero-order valence-electron chi connectivity index (χ0n) is 18.5. The predicted molar refractivity (Wildman–Crippen MR) is 132 cm³/mol. The van der Waals surface area contributed by atoms with E-state index in [2.05, 4.69) is 5.32 Å². The van der Waals surface area contributed by atoms with Crippen molar-refractivity contribution in [1.29, 1.82) is 0 Å². The van der Waals surface area contributed by atoms with Gasteiger partial charge in [0.05, 0.1) is 5.75 Å². The number of hydrogen-bond donors (Lipinski definition) is 1. The summed E-state index contributed by atoms with van der Waals surface area (Å²) in [5.74, 6) is 0.780. The van der Waals surface area contributed by atoms with Crippen molar-refractivity contribution in [2.75, 3.05) is 5.75 Å². The van der Waals surface area contributed by atoms with E-state index in [9.17, 15) is 9.59 Å². The molecule has 0 unspecified atom stereocenters. The van der Waals surface area contributed by atoms with Gasteiger partial charge in [0.1, 0.15) is 6.04 Å². The minimum atomic E-state index is -0.543. The maximum absolute atomic E-state index is 13.2. The molecule has 31 heavy (non-hydrogen) atoms. The van der Waals surface area contributed by atoms with E-state index in [1.165, 1.54) is 11.8 Å². The van der Waals surface area contributed by atoms with Crippen molar-refractivity contribution < 1.29 is 9.59 Å². The van der Waals surface area contributed by atoms with Gasteiger partial charge in [-0.05, 0) is 62.6 Å². The van der Waals surface area contributed by atoms with E-state index in [1.54, 1.807) is 17.0 Å². The van der Waals surface area contributed by atoms with Crippen LogP contribution in [0.5, 0.6) is 0 Å². The Morgan fingerprint density at radius 1 is 0.968 bits per heavy atom. The number of nitrogens with one attached hydrogen (secondary N) is 1. The molecule has 7 heteroatoms. The first-order valence-electron chi connectivity index (χ1n) is 10.3. The molecule has 0 heterocycles. The molecule has 0 bridgehead atoms. The first-order valence-corrected chi connectivity index (χ1v) is 12.2. The molecule has 0 aliphatic heterocycles. The van der Waals surface area contributed by atoms with Crippen LogP contribution in [0.2, 0.25) is 10.0 Å². The predicted octanol–water partition coefficient (Wildman–Crippen LogP) is 5.95. The van der Waals surface area contributed by atoms with Gasteiger partial charge in [-0.25, -0.2) is 0 Å². The van der Waals surface area contributed by atoms with Gasteiger partial charge in [0.15, 0.2) is 0 Å². The van der Waals surface area contributed by atoms with Crippen LogP contribution in [0.1, 0.15) is 45.2 Å².